The van der Waals surface area contributed by atoms with E-state index in [1.54, 1.807) is 0 Å². The molecule has 7 aromatic carbocycles. The van der Waals surface area contributed by atoms with Crippen LogP contribution in [0.25, 0.3) is 105 Å². The number of rotatable bonds is 3. The lowest BCUT2D eigenvalue weighted by Crippen LogP contribution is -2.06. The van der Waals surface area contributed by atoms with Gasteiger partial charge in [-0.25, -0.2) is 9.97 Å². The Hall–Kier alpha value is -5.99. The number of halogens is 1. The molecular weight excluding hydrogens is 729 g/mol. The highest BCUT2D eigenvalue weighted by atomic mass is 127. The fourth-order valence-corrected chi connectivity index (χ4v) is 8.44. The number of furan rings is 2. The normalized spacial score (nSPS) is 12.1. The predicted octanol–water partition coefficient (Wildman–Crippen LogP) is 12.5. The number of hydrogen-bond acceptors (Lipinski definition) is 4. The number of nitrogens with zero attached hydrogens (tertiary/aromatic N) is 3. The van der Waals surface area contributed by atoms with E-state index in [-0.39, 0.29) is 0 Å². The second kappa shape index (κ2) is 10.5. The smallest absolute Gasteiger partial charge is 0.178 e. The van der Waals surface area contributed by atoms with Gasteiger partial charge in [0.25, 0.3) is 0 Å². The minimum Gasteiger partial charge on any atom is -0.452 e. The second-order valence-electron chi connectivity index (χ2n) is 12.6. The fourth-order valence-electron chi connectivity index (χ4n) is 7.67. The Morgan fingerprint density at radius 1 is 0.480 bits per heavy atom. The Bertz CT molecular complexity index is 3170. The first-order valence-corrected chi connectivity index (χ1v) is 17.6. The minimum atomic E-state index is 0.649. The molecule has 0 fully saturated rings. The van der Waals surface area contributed by atoms with Gasteiger partial charge in [0.05, 0.1) is 20.3 Å². The van der Waals surface area contributed by atoms with Gasteiger partial charge in [-0.2, -0.15) is 0 Å². The maximum absolute atomic E-state index is 6.84. The van der Waals surface area contributed by atoms with Gasteiger partial charge in [-0.15, -0.1) is 0 Å². The molecular formula is C44H24IN3O2. The molecule has 0 aliphatic rings. The third kappa shape index (κ3) is 3.88. The second-order valence-corrected chi connectivity index (χ2v) is 13.7. The third-order valence-electron chi connectivity index (χ3n) is 9.91. The average Bonchev–Trinajstić information content (AvgIpc) is 3.85. The van der Waals surface area contributed by atoms with Crippen molar-refractivity contribution in [2.75, 3.05) is 0 Å². The molecule has 0 saturated carbocycles. The largest absolute Gasteiger partial charge is 0.452 e. The number of para-hydroxylation sites is 3. The van der Waals surface area contributed by atoms with Crippen molar-refractivity contribution in [3.05, 3.63) is 149 Å². The van der Waals surface area contributed by atoms with Crippen LogP contribution in [0.2, 0.25) is 0 Å². The molecule has 0 radical (unpaired) electrons. The molecule has 0 saturated heterocycles. The monoisotopic (exact) mass is 753 g/mol. The number of hydrogen-bond donors (Lipinski definition) is 0. The molecule has 11 rings (SSSR count). The van der Waals surface area contributed by atoms with E-state index in [0.29, 0.717) is 5.82 Å². The summed E-state index contributed by atoms with van der Waals surface area (Å²) in [5.41, 5.74) is 7.96. The molecule has 234 valence electrons. The van der Waals surface area contributed by atoms with E-state index in [9.17, 15) is 0 Å². The Balaban J connectivity index is 1.24. The summed E-state index contributed by atoms with van der Waals surface area (Å²) in [6.07, 6.45) is 0. The van der Waals surface area contributed by atoms with E-state index in [1.807, 2.05) is 36.4 Å². The van der Waals surface area contributed by atoms with Gasteiger partial charge in [-0.3, -0.25) is 4.57 Å². The van der Waals surface area contributed by atoms with Crippen molar-refractivity contribution in [1.29, 1.82) is 0 Å². The predicted molar refractivity (Wildman–Crippen MR) is 212 cm³/mol. The summed E-state index contributed by atoms with van der Waals surface area (Å²) >= 11 is 2.43. The Labute approximate surface area is 298 Å². The van der Waals surface area contributed by atoms with Crippen LogP contribution in [0.4, 0.5) is 0 Å². The van der Waals surface area contributed by atoms with E-state index in [1.165, 1.54) is 21.5 Å². The molecule has 6 heteroatoms. The van der Waals surface area contributed by atoms with Crippen molar-refractivity contribution in [3.63, 3.8) is 0 Å². The highest BCUT2D eigenvalue weighted by Gasteiger charge is 2.24. The van der Waals surface area contributed by atoms with Gasteiger partial charge in [0.2, 0.25) is 0 Å². The van der Waals surface area contributed by atoms with Gasteiger partial charge >= 0.3 is 0 Å². The van der Waals surface area contributed by atoms with Crippen LogP contribution in [0.1, 0.15) is 0 Å². The van der Waals surface area contributed by atoms with E-state index in [4.69, 9.17) is 18.8 Å². The van der Waals surface area contributed by atoms with Crippen molar-refractivity contribution in [2.45, 2.75) is 0 Å². The van der Waals surface area contributed by atoms with E-state index in [2.05, 4.69) is 136 Å². The first kappa shape index (κ1) is 27.9. The van der Waals surface area contributed by atoms with Gasteiger partial charge in [-0.1, -0.05) is 109 Å². The topological polar surface area (TPSA) is 57.0 Å². The summed E-state index contributed by atoms with van der Waals surface area (Å²) in [6, 6.07) is 50.5. The maximum atomic E-state index is 6.84. The van der Waals surface area contributed by atoms with Gasteiger partial charge in [-0.05, 0) is 69.8 Å². The lowest BCUT2D eigenvalue weighted by Gasteiger charge is -2.15. The van der Waals surface area contributed by atoms with Crippen LogP contribution < -0.4 is 0 Å². The van der Waals surface area contributed by atoms with Crippen LogP contribution in [-0.2, 0) is 0 Å². The molecule has 0 amide bonds. The fraction of sp³-hybridized carbons (Fsp3) is 0. The Kier molecular flexibility index (Phi) is 5.86. The van der Waals surface area contributed by atoms with Crippen LogP contribution >= 0.6 is 22.6 Å². The highest BCUT2D eigenvalue weighted by Crippen LogP contribution is 2.44. The number of aromatic nitrogens is 3. The zero-order valence-electron chi connectivity index (χ0n) is 26.4. The van der Waals surface area contributed by atoms with Crippen molar-refractivity contribution in [2.24, 2.45) is 0 Å². The molecule has 50 heavy (non-hydrogen) atoms. The van der Waals surface area contributed by atoms with Crippen molar-refractivity contribution < 1.29 is 8.83 Å². The Morgan fingerprint density at radius 2 is 1.16 bits per heavy atom. The van der Waals surface area contributed by atoms with Crippen LogP contribution in [-0.4, -0.2) is 14.5 Å². The zero-order valence-corrected chi connectivity index (χ0v) is 28.6. The minimum absolute atomic E-state index is 0.649. The molecule has 0 bridgehead atoms. The molecule has 0 atom stereocenters. The van der Waals surface area contributed by atoms with Gasteiger partial charge < -0.3 is 8.83 Å². The summed E-state index contributed by atoms with van der Waals surface area (Å²) in [5, 5.41) is 8.97. The van der Waals surface area contributed by atoms with Crippen LogP contribution in [0.3, 0.4) is 0 Å². The summed E-state index contributed by atoms with van der Waals surface area (Å²) in [4.78, 5) is 10.6. The molecule has 11 aromatic rings. The average molecular weight is 754 g/mol. The van der Waals surface area contributed by atoms with Crippen LogP contribution in [0.15, 0.2) is 154 Å². The molecule has 0 spiro atoms. The van der Waals surface area contributed by atoms with E-state index in [0.717, 1.165) is 81.1 Å². The SMILES string of the molecule is Ic1c(-c2cccc3c2oc2c3ccc3c4ccccc4oc32)nc(-c2ccccc2)nc1-n1c2ccccc2c2c3ccccc3ccc21. The summed E-state index contributed by atoms with van der Waals surface area (Å²) in [7, 11) is 0. The number of fused-ring (bicyclic) bond motifs is 12. The number of benzene rings is 7. The van der Waals surface area contributed by atoms with Crippen LogP contribution in [0, 0.1) is 3.57 Å². The van der Waals surface area contributed by atoms with Gasteiger partial charge in [0.15, 0.2) is 22.8 Å². The first-order chi connectivity index (χ1) is 24.7. The van der Waals surface area contributed by atoms with Crippen molar-refractivity contribution in [3.8, 4) is 28.5 Å². The van der Waals surface area contributed by atoms with Gasteiger partial charge in [0, 0.05) is 43.4 Å². The standard InChI is InChI=1S/C44H24IN3O2/c45-38-39(33-18-10-17-29-31-23-22-30-28-15-7-9-20-36(28)49-41(30)42(31)50-40(29)33)46-43(26-12-2-1-3-13-26)47-44(38)48-34-19-8-6-16-32(34)37-27-14-5-4-11-25(27)21-24-35(37)48/h1-24H. The molecule has 5 nitrogen and oxygen atoms in total. The molecule has 0 unspecified atom stereocenters. The zero-order chi connectivity index (χ0) is 32.9. The van der Waals surface area contributed by atoms with E-state index < -0.39 is 0 Å². The summed E-state index contributed by atoms with van der Waals surface area (Å²) in [5.74, 6) is 1.47. The highest BCUT2D eigenvalue weighted by molar-refractivity contribution is 14.1. The molecule has 0 aliphatic carbocycles. The molecule has 0 aliphatic heterocycles. The molecule has 4 aromatic heterocycles. The van der Waals surface area contributed by atoms with Crippen molar-refractivity contribution in [1.82, 2.24) is 14.5 Å². The summed E-state index contributed by atoms with van der Waals surface area (Å²) in [6.45, 7) is 0. The molecule has 0 N–H and O–H groups in total. The molecule has 4 heterocycles. The third-order valence-corrected chi connectivity index (χ3v) is 10.9. The summed E-state index contributed by atoms with van der Waals surface area (Å²) < 4.78 is 16.5. The Morgan fingerprint density at radius 3 is 2.04 bits per heavy atom. The van der Waals surface area contributed by atoms with E-state index >= 15 is 0 Å². The lowest BCUT2D eigenvalue weighted by molar-refractivity contribution is 0.634. The van der Waals surface area contributed by atoms with Gasteiger partial charge in [0.1, 0.15) is 11.2 Å². The maximum Gasteiger partial charge on any atom is 0.178 e. The lowest BCUT2D eigenvalue weighted by atomic mass is 10.0. The van der Waals surface area contributed by atoms with Crippen molar-refractivity contribution >= 4 is 99.0 Å². The first-order valence-electron chi connectivity index (χ1n) is 16.5. The quantitative estimate of drug-likeness (QED) is 0.169. The van der Waals surface area contributed by atoms with Crippen LogP contribution in [0.5, 0.6) is 0 Å².